The Hall–Kier alpha value is -0.970. The number of benzene rings is 1. The van der Waals surface area contributed by atoms with Crippen LogP contribution in [-0.4, -0.2) is 36.5 Å². The van der Waals surface area contributed by atoms with Crippen LogP contribution in [0.5, 0.6) is 0 Å². The molecule has 2 rings (SSSR count). The monoisotopic (exact) mass is 315 g/mol. The summed E-state index contributed by atoms with van der Waals surface area (Å²) in [5.74, 6) is -0.240. The summed E-state index contributed by atoms with van der Waals surface area (Å²) in [4.78, 5) is 14.6. The Labute approximate surface area is 129 Å². The van der Waals surface area contributed by atoms with Gasteiger partial charge in [0.15, 0.2) is 0 Å². The zero-order valence-electron chi connectivity index (χ0n) is 11.5. The number of carbonyl (C=O) groups excluding carboxylic acids is 1. The molecule has 0 spiro atoms. The molecule has 0 radical (unpaired) electrons. The number of likely N-dealkylation sites (tertiary alicyclic amines) is 1. The van der Waals surface area contributed by atoms with Crippen molar-refractivity contribution in [2.45, 2.75) is 25.8 Å². The van der Waals surface area contributed by atoms with E-state index in [0.29, 0.717) is 16.3 Å². The van der Waals surface area contributed by atoms with Crippen molar-refractivity contribution >= 4 is 34.8 Å². The molecular formula is C14H19Cl2N3O. The summed E-state index contributed by atoms with van der Waals surface area (Å²) in [5, 5.41) is 3.48. The van der Waals surface area contributed by atoms with Crippen LogP contribution in [0.2, 0.25) is 10.0 Å². The minimum atomic E-state index is -0.240. The molecule has 0 aliphatic carbocycles. The highest BCUT2D eigenvalue weighted by atomic mass is 35.5. The predicted octanol–water partition coefficient (Wildman–Crippen LogP) is 2.79. The number of halogens is 2. The summed E-state index contributed by atoms with van der Waals surface area (Å²) in [6, 6.07) is 3.14. The zero-order valence-corrected chi connectivity index (χ0v) is 13.0. The first-order valence-corrected chi connectivity index (χ1v) is 7.50. The number of nitrogens with zero attached hydrogens (tertiary/aromatic N) is 1. The largest absolute Gasteiger partial charge is 0.399 e. The summed E-state index contributed by atoms with van der Waals surface area (Å²) in [6.07, 6.45) is 2.47. The van der Waals surface area contributed by atoms with Crippen LogP contribution in [0.1, 0.15) is 30.1 Å². The third-order valence-corrected chi connectivity index (χ3v) is 4.21. The van der Waals surface area contributed by atoms with Gasteiger partial charge in [-0.25, -0.2) is 0 Å². The minimum absolute atomic E-state index is 0.0527. The fraction of sp³-hybridized carbons (Fsp3) is 0.500. The number of hydrogen-bond donors (Lipinski definition) is 2. The lowest BCUT2D eigenvalue weighted by Gasteiger charge is -2.21. The van der Waals surface area contributed by atoms with E-state index in [1.165, 1.54) is 18.9 Å². The number of nitrogen functional groups attached to an aromatic ring is 1. The molecule has 1 aromatic carbocycles. The van der Waals surface area contributed by atoms with Gasteiger partial charge in [0.1, 0.15) is 0 Å². The number of carbonyl (C=O) groups is 1. The summed E-state index contributed by atoms with van der Waals surface area (Å²) >= 11 is 12.0. The Bertz CT molecular complexity index is 501. The summed E-state index contributed by atoms with van der Waals surface area (Å²) in [5.41, 5.74) is 6.45. The van der Waals surface area contributed by atoms with Crippen molar-refractivity contribution in [2.75, 3.05) is 25.4 Å². The fourth-order valence-corrected chi connectivity index (χ4v) is 2.90. The molecule has 1 amide bonds. The SMILES string of the molecule is CC(CN1CCCC1)NC(=O)c1cc(N)cc(Cl)c1Cl. The van der Waals surface area contributed by atoms with Crippen molar-refractivity contribution in [3.8, 4) is 0 Å². The molecule has 1 aliphatic rings. The molecule has 110 valence electrons. The summed E-state index contributed by atoms with van der Waals surface area (Å²) in [6.45, 7) is 5.04. The number of amides is 1. The average molecular weight is 316 g/mol. The van der Waals surface area contributed by atoms with E-state index < -0.39 is 0 Å². The molecule has 1 unspecified atom stereocenters. The van der Waals surface area contributed by atoms with E-state index in [1.807, 2.05) is 6.92 Å². The van der Waals surface area contributed by atoms with Gasteiger partial charge in [-0.3, -0.25) is 4.79 Å². The van der Waals surface area contributed by atoms with Crippen LogP contribution in [0.15, 0.2) is 12.1 Å². The van der Waals surface area contributed by atoms with Gasteiger partial charge < -0.3 is 16.0 Å². The number of nitrogens with two attached hydrogens (primary N) is 1. The highest BCUT2D eigenvalue weighted by Crippen LogP contribution is 2.28. The topological polar surface area (TPSA) is 58.4 Å². The molecule has 0 saturated carbocycles. The first kappa shape index (κ1) is 15.4. The Kier molecular flexibility index (Phi) is 5.13. The van der Waals surface area contributed by atoms with E-state index in [0.717, 1.165) is 19.6 Å². The Morgan fingerprint density at radius 3 is 2.70 bits per heavy atom. The molecule has 1 aromatic rings. The third-order valence-electron chi connectivity index (χ3n) is 3.40. The molecule has 4 nitrogen and oxygen atoms in total. The standard InChI is InChI=1S/C14H19Cl2N3O/c1-9(8-19-4-2-3-5-19)18-14(20)11-6-10(17)7-12(15)13(11)16/h6-7,9H,2-5,8,17H2,1H3,(H,18,20). The smallest absolute Gasteiger partial charge is 0.253 e. The van der Waals surface area contributed by atoms with Crippen LogP contribution in [0.25, 0.3) is 0 Å². The fourth-order valence-electron chi connectivity index (χ4n) is 2.47. The van der Waals surface area contributed by atoms with Gasteiger partial charge in [0, 0.05) is 18.3 Å². The molecular weight excluding hydrogens is 297 g/mol. The van der Waals surface area contributed by atoms with E-state index in [1.54, 1.807) is 6.07 Å². The normalized spacial score (nSPS) is 17.1. The summed E-state index contributed by atoms with van der Waals surface area (Å²) in [7, 11) is 0. The van der Waals surface area contributed by atoms with E-state index in [4.69, 9.17) is 28.9 Å². The van der Waals surface area contributed by atoms with Crippen LogP contribution in [0.4, 0.5) is 5.69 Å². The molecule has 20 heavy (non-hydrogen) atoms. The minimum Gasteiger partial charge on any atom is -0.399 e. The lowest BCUT2D eigenvalue weighted by Crippen LogP contribution is -2.41. The van der Waals surface area contributed by atoms with Crippen molar-refractivity contribution in [3.05, 3.63) is 27.7 Å². The molecule has 1 saturated heterocycles. The van der Waals surface area contributed by atoms with Gasteiger partial charge in [-0.15, -0.1) is 0 Å². The van der Waals surface area contributed by atoms with Gasteiger partial charge in [-0.2, -0.15) is 0 Å². The van der Waals surface area contributed by atoms with Gasteiger partial charge in [0.25, 0.3) is 5.91 Å². The summed E-state index contributed by atoms with van der Waals surface area (Å²) < 4.78 is 0. The maximum Gasteiger partial charge on any atom is 0.253 e. The van der Waals surface area contributed by atoms with Gasteiger partial charge in [-0.1, -0.05) is 23.2 Å². The zero-order chi connectivity index (χ0) is 14.7. The van der Waals surface area contributed by atoms with Crippen LogP contribution >= 0.6 is 23.2 Å². The average Bonchev–Trinajstić information content (AvgIpc) is 2.86. The Balaban J connectivity index is 2.00. The Morgan fingerprint density at radius 1 is 1.40 bits per heavy atom. The van der Waals surface area contributed by atoms with Crippen molar-refractivity contribution in [1.82, 2.24) is 10.2 Å². The first-order valence-electron chi connectivity index (χ1n) is 6.75. The van der Waals surface area contributed by atoms with E-state index in [-0.39, 0.29) is 17.0 Å². The molecule has 1 heterocycles. The number of anilines is 1. The maximum absolute atomic E-state index is 12.2. The van der Waals surface area contributed by atoms with E-state index >= 15 is 0 Å². The molecule has 1 atom stereocenters. The van der Waals surface area contributed by atoms with Crippen molar-refractivity contribution in [1.29, 1.82) is 0 Å². The van der Waals surface area contributed by atoms with E-state index in [2.05, 4.69) is 10.2 Å². The second-order valence-electron chi connectivity index (χ2n) is 5.25. The highest BCUT2D eigenvalue weighted by Gasteiger charge is 2.19. The highest BCUT2D eigenvalue weighted by molar-refractivity contribution is 6.44. The molecule has 0 bridgehead atoms. The predicted molar refractivity (Wildman–Crippen MR) is 83.5 cm³/mol. The van der Waals surface area contributed by atoms with E-state index in [9.17, 15) is 4.79 Å². The number of rotatable bonds is 4. The molecule has 1 fully saturated rings. The van der Waals surface area contributed by atoms with Crippen molar-refractivity contribution < 1.29 is 4.79 Å². The molecule has 3 N–H and O–H groups in total. The molecule has 0 aromatic heterocycles. The molecule has 1 aliphatic heterocycles. The number of hydrogen-bond acceptors (Lipinski definition) is 3. The van der Waals surface area contributed by atoms with Crippen molar-refractivity contribution in [3.63, 3.8) is 0 Å². The third kappa shape index (κ3) is 3.78. The maximum atomic E-state index is 12.2. The molecule has 6 heteroatoms. The number of nitrogens with one attached hydrogen (secondary N) is 1. The first-order chi connectivity index (χ1) is 9.47. The second-order valence-corrected chi connectivity index (χ2v) is 6.03. The second kappa shape index (κ2) is 6.66. The van der Waals surface area contributed by atoms with Crippen LogP contribution < -0.4 is 11.1 Å². The van der Waals surface area contributed by atoms with Gasteiger partial charge in [0.05, 0.1) is 15.6 Å². The van der Waals surface area contributed by atoms with Crippen molar-refractivity contribution in [2.24, 2.45) is 0 Å². The van der Waals surface area contributed by atoms with Crippen LogP contribution in [0, 0.1) is 0 Å². The quantitative estimate of drug-likeness (QED) is 0.840. The van der Waals surface area contributed by atoms with Gasteiger partial charge in [0.2, 0.25) is 0 Å². The lowest BCUT2D eigenvalue weighted by atomic mass is 10.1. The van der Waals surface area contributed by atoms with Crippen LogP contribution in [-0.2, 0) is 0 Å². The van der Waals surface area contributed by atoms with Gasteiger partial charge >= 0.3 is 0 Å². The lowest BCUT2D eigenvalue weighted by molar-refractivity contribution is 0.0932. The van der Waals surface area contributed by atoms with Crippen LogP contribution in [0.3, 0.4) is 0 Å². The van der Waals surface area contributed by atoms with Gasteiger partial charge in [-0.05, 0) is 45.0 Å². The Morgan fingerprint density at radius 2 is 2.05 bits per heavy atom.